The van der Waals surface area contributed by atoms with Crippen molar-refractivity contribution >= 4 is 31.6 Å². The van der Waals surface area contributed by atoms with Crippen molar-refractivity contribution < 1.29 is 8.42 Å². The summed E-state index contributed by atoms with van der Waals surface area (Å²) < 4.78 is 24.1. The Balaban J connectivity index is 2.31. The van der Waals surface area contributed by atoms with Crippen molar-refractivity contribution in [3.05, 3.63) is 16.5 Å². The van der Waals surface area contributed by atoms with Gasteiger partial charge in [0.05, 0.1) is 11.5 Å². The Bertz CT molecular complexity index is 596. The molecule has 1 aromatic rings. The fourth-order valence-electron chi connectivity index (χ4n) is 2.07. The fraction of sp³-hybridized carbons (Fsp3) is 0.692. The van der Waals surface area contributed by atoms with Crippen molar-refractivity contribution in [2.45, 2.75) is 32.6 Å². The second-order valence-electron chi connectivity index (χ2n) is 6.11. The summed E-state index contributed by atoms with van der Waals surface area (Å²) in [4.78, 5) is 11.1. The average Bonchev–Trinajstić information content (AvgIpc) is 2.48. The van der Waals surface area contributed by atoms with Crippen molar-refractivity contribution in [2.75, 3.05) is 29.5 Å². The summed E-state index contributed by atoms with van der Waals surface area (Å²) in [5, 5.41) is 0. The molecule has 2 rings (SSSR count). The summed E-state index contributed by atoms with van der Waals surface area (Å²) in [5.41, 5.74) is -0.142. The van der Waals surface area contributed by atoms with Gasteiger partial charge in [-0.3, -0.25) is 0 Å². The Kier molecular flexibility index (Phi) is 4.39. The molecule has 0 radical (unpaired) electrons. The first-order valence-electron chi connectivity index (χ1n) is 6.68. The van der Waals surface area contributed by atoms with Gasteiger partial charge in [0.25, 0.3) is 0 Å². The summed E-state index contributed by atoms with van der Waals surface area (Å²) in [6.07, 6.45) is 0.648. The van der Waals surface area contributed by atoms with Gasteiger partial charge in [-0.25, -0.2) is 18.4 Å². The van der Waals surface area contributed by atoms with E-state index in [2.05, 4.69) is 46.7 Å². The van der Waals surface area contributed by atoms with Crippen LogP contribution >= 0.6 is 15.9 Å². The van der Waals surface area contributed by atoms with Crippen LogP contribution in [0.15, 0.2) is 10.7 Å². The highest BCUT2D eigenvalue weighted by Crippen LogP contribution is 2.25. The number of aromatic nitrogens is 2. The molecule has 0 spiro atoms. The van der Waals surface area contributed by atoms with Gasteiger partial charge in [-0.05, 0) is 22.4 Å². The van der Waals surface area contributed by atoms with Crippen LogP contribution in [0.2, 0.25) is 0 Å². The van der Waals surface area contributed by atoms with Crippen LogP contribution in [0.4, 0.5) is 5.82 Å². The van der Waals surface area contributed by atoms with Gasteiger partial charge in [-0.2, -0.15) is 0 Å². The summed E-state index contributed by atoms with van der Waals surface area (Å²) in [7, 11) is -2.91. The first-order valence-corrected chi connectivity index (χ1v) is 9.29. The van der Waals surface area contributed by atoms with E-state index < -0.39 is 9.84 Å². The first-order chi connectivity index (χ1) is 9.17. The van der Waals surface area contributed by atoms with Crippen molar-refractivity contribution in [3.63, 3.8) is 0 Å². The van der Waals surface area contributed by atoms with Crippen LogP contribution in [0.25, 0.3) is 0 Å². The van der Waals surface area contributed by atoms with Crippen LogP contribution in [-0.2, 0) is 15.3 Å². The van der Waals surface area contributed by atoms with Crippen molar-refractivity contribution in [1.82, 2.24) is 9.97 Å². The second-order valence-corrected chi connectivity index (χ2v) is 9.23. The minimum atomic E-state index is -2.91. The second kappa shape index (κ2) is 5.60. The molecule has 1 aliphatic heterocycles. The number of anilines is 1. The van der Waals surface area contributed by atoms with Gasteiger partial charge < -0.3 is 4.90 Å². The number of sulfone groups is 1. The molecule has 0 aliphatic carbocycles. The highest BCUT2D eigenvalue weighted by molar-refractivity contribution is 9.10. The van der Waals surface area contributed by atoms with Crippen LogP contribution in [-0.4, -0.2) is 43.0 Å². The third kappa shape index (κ3) is 3.91. The normalized spacial score (nSPS) is 19.7. The van der Waals surface area contributed by atoms with E-state index in [9.17, 15) is 8.42 Å². The Morgan fingerprint density at radius 2 is 1.90 bits per heavy atom. The monoisotopic (exact) mass is 361 g/mol. The average molecular weight is 362 g/mol. The molecule has 0 unspecified atom stereocenters. The van der Waals surface area contributed by atoms with E-state index in [0.717, 1.165) is 16.2 Å². The SMILES string of the molecule is CC(C)(C)c1nc(Br)cc(N2CCCS(=O)(=O)CC2)n1. The zero-order valence-corrected chi connectivity index (χ0v) is 14.5. The molecular weight excluding hydrogens is 342 g/mol. The lowest BCUT2D eigenvalue weighted by Crippen LogP contribution is -2.29. The molecule has 0 aromatic carbocycles. The van der Waals surface area contributed by atoms with Gasteiger partial charge in [0.2, 0.25) is 0 Å². The molecule has 1 fully saturated rings. The van der Waals surface area contributed by atoms with Crippen molar-refractivity contribution in [3.8, 4) is 0 Å². The number of hydrogen-bond donors (Lipinski definition) is 0. The minimum Gasteiger partial charge on any atom is -0.355 e. The molecule has 7 heteroatoms. The zero-order chi connectivity index (χ0) is 15.0. The van der Waals surface area contributed by atoms with Crippen molar-refractivity contribution in [2.24, 2.45) is 0 Å². The molecule has 5 nitrogen and oxygen atoms in total. The van der Waals surface area contributed by atoms with Crippen LogP contribution in [0.1, 0.15) is 33.0 Å². The van der Waals surface area contributed by atoms with Gasteiger partial charge in [0.1, 0.15) is 16.2 Å². The molecule has 20 heavy (non-hydrogen) atoms. The topological polar surface area (TPSA) is 63.2 Å². The maximum absolute atomic E-state index is 11.7. The molecule has 0 saturated carbocycles. The summed E-state index contributed by atoms with van der Waals surface area (Å²) in [5.74, 6) is 2.02. The maximum atomic E-state index is 11.7. The standard InChI is InChI=1S/C13H20BrN3O2S/c1-13(2,3)12-15-10(14)9-11(16-12)17-5-4-7-20(18,19)8-6-17/h9H,4-8H2,1-3H3. The maximum Gasteiger partial charge on any atom is 0.152 e. The van der Waals surface area contributed by atoms with E-state index in [4.69, 9.17) is 0 Å². The third-order valence-corrected chi connectivity index (χ3v) is 5.35. The van der Waals surface area contributed by atoms with Crippen LogP contribution in [0.3, 0.4) is 0 Å². The minimum absolute atomic E-state index is 0.142. The smallest absolute Gasteiger partial charge is 0.152 e. The van der Waals surface area contributed by atoms with Gasteiger partial charge in [-0.15, -0.1) is 0 Å². The summed E-state index contributed by atoms with van der Waals surface area (Å²) in [6.45, 7) is 7.39. The molecule has 0 N–H and O–H groups in total. The van der Waals surface area contributed by atoms with E-state index in [1.165, 1.54) is 0 Å². The quantitative estimate of drug-likeness (QED) is 0.717. The largest absolute Gasteiger partial charge is 0.355 e. The number of hydrogen-bond acceptors (Lipinski definition) is 5. The third-order valence-electron chi connectivity index (χ3n) is 3.23. The zero-order valence-electron chi connectivity index (χ0n) is 12.1. The van der Waals surface area contributed by atoms with E-state index >= 15 is 0 Å². The molecule has 1 aliphatic rings. The number of halogens is 1. The summed E-state index contributed by atoms with van der Waals surface area (Å²) in [6, 6.07) is 1.85. The molecule has 1 aromatic heterocycles. The Morgan fingerprint density at radius 3 is 2.55 bits per heavy atom. The van der Waals surface area contributed by atoms with Crippen molar-refractivity contribution in [1.29, 1.82) is 0 Å². The van der Waals surface area contributed by atoms with E-state index in [0.29, 0.717) is 19.5 Å². The Labute approximate surface area is 128 Å². The number of rotatable bonds is 1. The highest BCUT2D eigenvalue weighted by Gasteiger charge is 2.23. The first kappa shape index (κ1) is 15.7. The molecular formula is C13H20BrN3O2S. The van der Waals surface area contributed by atoms with Gasteiger partial charge in [0.15, 0.2) is 9.84 Å². The van der Waals surface area contributed by atoms with Gasteiger partial charge in [0, 0.05) is 24.6 Å². The Hall–Kier alpha value is -0.690. The van der Waals surface area contributed by atoms with Gasteiger partial charge >= 0.3 is 0 Å². The molecule has 0 atom stereocenters. The van der Waals surface area contributed by atoms with Crippen LogP contribution in [0, 0.1) is 0 Å². The van der Waals surface area contributed by atoms with Crippen LogP contribution in [0.5, 0.6) is 0 Å². The van der Waals surface area contributed by atoms with Crippen LogP contribution < -0.4 is 4.90 Å². The predicted molar refractivity (Wildman–Crippen MR) is 83.9 cm³/mol. The molecule has 0 bridgehead atoms. The molecule has 112 valence electrons. The lowest BCUT2D eigenvalue weighted by atomic mass is 9.96. The van der Waals surface area contributed by atoms with E-state index in [-0.39, 0.29) is 16.9 Å². The molecule has 2 heterocycles. The predicted octanol–water partition coefficient (Wildman–Crippen LogP) is 2.16. The van der Waals surface area contributed by atoms with E-state index in [1.807, 2.05) is 11.0 Å². The molecule has 0 amide bonds. The van der Waals surface area contributed by atoms with Gasteiger partial charge in [-0.1, -0.05) is 20.8 Å². The lowest BCUT2D eigenvalue weighted by Gasteiger charge is -2.24. The van der Waals surface area contributed by atoms with E-state index in [1.54, 1.807) is 0 Å². The molecule has 1 saturated heterocycles. The fourth-order valence-corrected chi connectivity index (χ4v) is 3.72. The number of nitrogens with zero attached hydrogens (tertiary/aromatic N) is 3. The summed E-state index contributed by atoms with van der Waals surface area (Å²) >= 11 is 3.42. The lowest BCUT2D eigenvalue weighted by molar-refractivity contribution is 0.542. The Morgan fingerprint density at radius 1 is 1.20 bits per heavy atom. The highest BCUT2D eigenvalue weighted by atomic mass is 79.9.